The Balaban J connectivity index is 1.48. The molecule has 1 fully saturated rings. The zero-order valence-corrected chi connectivity index (χ0v) is 24.6. The number of ketones is 3. The number of fused-ring (bicyclic) bond motifs is 7. The Labute approximate surface area is 259 Å². The van der Waals surface area contributed by atoms with Gasteiger partial charge in [-0.2, -0.15) is 0 Å². The minimum absolute atomic E-state index is 0.192. The maximum atomic E-state index is 15.0. The Hall–Kier alpha value is -5.56. The molecule has 220 valence electrons. The van der Waals surface area contributed by atoms with Gasteiger partial charge in [-0.1, -0.05) is 91.0 Å². The van der Waals surface area contributed by atoms with Crippen molar-refractivity contribution in [3.8, 4) is 11.5 Å². The van der Waals surface area contributed by atoms with Gasteiger partial charge in [-0.3, -0.25) is 19.4 Å². The summed E-state index contributed by atoms with van der Waals surface area (Å²) >= 11 is 0. The van der Waals surface area contributed by atoms with Crippen LogP contribution >= 0.6 is 0 Å². The van der Waals surface area contributed by atoms with Crippen LogP contribution in [0, 0.1) is 5.41 Å². The number of Topliss-reactive ketones (excluding diaryl/α,β-unsaturated/α-hetero) is 3. The van der Waals surface area contributed by atoms with Crippen molar-refractivity contribution in [3.05, 3.63) is 137 Å². The number of pyridine rings is 1. The normalized spacial score (nSPS) is 20.7. The highest BCUT2D eigenvalue weighted by molar-refractivity contribution is 6.32. The van der Waals surface area contributed by atoms with Crippen molar-refractivity contribution in [2.24, 2.45) is 5.41 Å². The summed E-state index contributed by atoms with van der Waals surface area (Å²) in [6, 6.07) is 27.6. The zero-order chi connectivity index (χ0) is 30.9. The Morgan fingerprint density at radius 3 is 2.22 bits per heavy atom. The van der Waals surface area contributed by atoms with Gasteiger partial charge in [-0.25, -0.2) is 0 Å². The lowest BCUT2D eigenvalue weighted by molar-refractivity contribution is 0.0665. The fourth-order valence-corrected chi connectivity index (χ4v) is 7.78. The summed E-state index contributed by atoms with van der Waals surface area (Å²) in [5.74, 6) is -0.700. The second-order valence-electron chi connectivity index (χ2n) is 11.6. The lowest BCUT2D eigenvalue weighted by Crippen LogP contribution is -2.48. The Morgan fingerprint density at radius 2 is 1.51 bits per heavy atom. The van der Waals surface area contributed by atoms with Crippen LogP contribution in [0.4, 0.5) is 5.69 Å². The van der Waals surface area contributed by atoms with Crippen LogP contribution in [0.1, 0.15) is 48.1 Å². The molecule has 1 saturated heterocycles. The van der Waals surface area contributed by atoms with E-state index >= 15 is 0 Å². The smallest absolute Gasteiger partial charge is 0.185 e. The first kappa shape index (κ1) is 27.0. The Morgan fingerprint density at radius 1 is 0.800 bits per heavy atom. The van der Waals surface area contributed by atoms with Gasteiger partial charge in [-0.05, 0) is 29.3 Å². The van der Waals surface area contributed by atoms with Crippen LogP contribution in [-0.2, 0) is 0 Å². The molecule has 0 N–H and O–H groups in total. The Kier molecular flexibility index (Phi) is 6.00. The largest absolute Gasteiger partial charge is 0.493 e. The number of carbonyl (C=O) groups excluding carboxylic acids is 3. The molecule has 3 atom stereocenters. The van der Waals surface area contributed by atoms with E-state index in [2.05, 4.69) is 0 Å². The molecule has 7 nitrogen and oxygen atoms in total. The number of methoxy groups -OCH3 is 2. The van der Waals surface area contributed by atoms with E-state index < -0.39 is 23.4 Å². The molecule has 2 aliphatic heterocycles. The van der Waals surface area contributed by atoms with Gasteiger partial charge in [0.25, 0.3) is 0 Å². The van der Waals surface area contributed by atoms with Crippen molar-refractivity contribution >= 4 is 40.0 Å². The van der Waals surface area contributed by atoms with E-state index in [1.54, 1.807) is 68.9 Å². The molecule has 0 saturated carbocycles. The maximum Gasteiger partial charge on any atom is 0.185 e. The molecule has 3 heterocycles. The molecule has 3 aliphatic rings. The number of carbonyl (C=O) groups is 3. The summed E-state index contributed by atoms with van der Waals surface area (Å²) in [6.07, 6.45) is 5.60. The number of ether oxygens (including phenoxy) is 2. The molecule has 1 aromatic heterocycles. The van der Waals surface area contributed by atoms with Gasteiger partial charge in [0.05, 0.1) is 31.5 Å². The van der Waals surface area contributed by atoms with Crippen LogP contribution in [0.15, 0.2) is 109 Å². The Bertz CT molecular complexity index is 2050. The van der Waals surface area contributed by atoms with Gasteiger partial charge in [0.2, 0.25) is 0 Å². The molecule has 0 radical (unpaired) electrons. The van der Waals surface area contributed by atoms with Crippen molar-refractivity contribution in [1.82, 2.24) is 4.98 Å². The first-order valence-corrected chi connectivity index (χ1v) is 14.8. The molecule has 1 aliphatic carbocycles. The minimum atomic E-state index is -1.64. The van der Waals surface area contributed by atoms with Crippen LogP contribution in [0.3, 0.4) is 0 Å². The molecule has 0 bridgehead atoms. The lowest BCUT2D eigenvalue weighted by Gasteiger charge is -2.37. The zero-order valence-electron chi connectivity index (χ0n) is 24.6. The average molecular weight is 593 g/mol. The van der Waals surface area contributed by atoms with Gasteiger partial charge in [-0.15, -0.1) is 0 Å². The van der Waals surface area contributed by atoms with Crippen molar-refractivity contribution in [2.45, 2.75) is 18.0 Å². The molecule has 4 aromatic carbocycles. The van der Waals surface area contributed by atoms with Gasteiger partial charge >= 0.3 is 0 Å². The third-order valence-electron chi connectivity index (χ3n) is 9.63. The molecule has 0 amide bonds. The van der Waals surface area contributed by atoms with Crippen molar-refractivity contribution in [1.29, 1.82) is 0 Å². The first-order chi connectivity index (χ1) is 22.0. The highest BCUT2D eigenvalue weighted by atomic mass is 16.5. The van der Waals surface area contributed by atoms with Gasteiger partial charge in [0.1, 0.15) is 11.5 Å². The van der Waals surface area contributed by atoms with Crippen LogP contribution in [-0.4, -0.2) is 48.6 Å². The fourth-order valence-electron chi connectivity index (χ4n) is 7.78. The quantitative estimate of drug-likeness (QED) is 0.169. The van der Waals surface area contributed by atoms with Crippen molar-refractivity contribution < 1.29 is 23.9 Å². The SMILES string of the molecule is COc1ccc([C@@H]2[C@@H](C(=O)c3ccccc3)N3c4c(ccc5cccnc45)C=C[C@H]3C23C(=O)c2ccccc2C3=O)cc1OC. The third-order valence-corrected chi connectivity index (χ3v) is 9.63. The molecule has 8 rings (SSSR count). The maximum absolute atomic E-state index is 15.0. The fraction of sp³-hybridized carbons (Fsp3) is 0.158. The highest BCUT2D eigenvalue weighted by Gasteiger charge is 2.71. The predicted molar refractivity (Wildman–Crippen MR) is 171 cm³/mol. The van der Waals surface area contributed by atoms with E-state index in [-0.39, 0.29) is 17.3 Å². The lowest BCUT2D eigenvalue weighted by atomic mass is 9.64. The van der Waals surface area contributed by atoms with Gasteiger partial charge in [0, 0.05) is 34.2 Å². The second-order valence-corrected chi connectivity index (χ2v) is 11.6. The summed E-state index contributed by atoms with van der Waals surface area (Å²) < 4.78 is 11.2. The van der Waals surface area contributed by atoms with Crippen LogP contribution in [0.2, 0.25) is 0 Å². The number of nitrogens with zero attached hydrogens (tertiary/aromatic N) is 2. The topological polar surface area (TPSA) is 85.8 Å². The monoisotopic (exact) mass is 592 g/mol. The molecule has 0 unspecified atom stereocenters. The number of hydrogen-bond acceptors (Lipinski definition) is 7. The molecule has 45 heavy (non-hydrogen) atoms. The van der Waals surface area contributed by atoms with Gasteiger partial charge in [0.15, 0.2) is 28.8 Å². The number of aromatic nitrogens is 1. The average Bonchev–Trinajstić information content (AvgIpc) is 3.53. The van der Waals surface area contributed by atoms with E-state index in [1.165, 1.54) is 0 Å². The van der Waals surface area contributed by atoms with Gasteiger partial charge < -0.3 is 14.4 Å². The highest BCUT2D eigenvalue weighted by Crippen LogP contribution is 2.62. The molecule has 5 aromatic rings. The first-order valence-electron chi connectivity index (χ1n) is 14.8. The van der Waals surface area contributed by atoms with E-state index in [9.17, 15) is 14.4 Å². The van der Waals surface area contributed by atoms with E-state index in [1.807, 2.05) is 65.6 Å². The number of anilines is 1. The summed E-state index contributed by atoms with van der Waals surface area (Å²) in [6.45, 7) is 0. The minimum Gasteiger partial charge on any atom is -0.493 e. The number of rotatable bonds is 5. The summed E-state index contributed by atoms with van der Waals surface area (Å²) in [7, 11) is 3.09. The van der Waals surface area contributed by atoms with E-state index in [0.29, 0.717) is 39.3 Å². The molecular formula is C38H28N2O5. The standard InChI is InChI=1S/C38H28N2O5/c1-44-28-18-16-25(21-29(28)45-2)31-34(35(41)24-9-4-3-5-10-24)40-30(38(31)36(42)26-12-6-7-13-27(26)37(38)43)19-17-23-15-14-22-11-8-20-39-32(22)33(23)40/h3-21,30-31,34H,1-2H3/t30-,31+,34-/m0/s1. The molecule has 7 heteroatoms. The number of hydrogen-bond donors (Lipinski definition) is 0. The van der Waals surface area contributed by atoms with Crippen LogP contribution in [0.25, 0.3) is 17.0 Å². The van der Waals surface area contributed by atoms with E-state index in [4.69, 9.17) is 14.5 Å². The summed E-state index contributed by atoms with van der Waals surface area (Å²) in [5.41, 5.74) is 2.53. The summed E-state index contributed by atoms with van der Waals surface area (Å²) in [5, 5.41) is 0.896. The van der Waals surface area contributed by atoms with Crippen LogP contribution < -0.4 is 14.4 Å². The van der Waals surface area contributed by atoms with Crippen molar-refractivity contribution in [2.75, 3.05) is 19.1 Å². The number of benzene rings is 4. The molecule has 1 spiro atoms. The predicted octanol–water partition coefficient (Wildman–Crippen LogP) is 6.57. The third kappa shape index (κ3) is 3.58. The second kappa shape index (κ2) is 9.99. The van der Waals surface area contributed by atoms with Crippen LogP contribution in [0.5, 0.6) is 11.5 Å². The molecular weight excluding hydrogens is 564 g/mol. The van der Waals surface area contributed by atoms with E-state index in [0.717, 1.165) is 16.6 Å². The summed E-state index contributed by atoms with van der Waals surface area (Å²) in [4.78, 5) is 51.7. The van der Waals surface area contributed by atoms with Crippen molar-refractivity contribution in [3.63, 3.8) is 0 Å².